The topological polar surface area (TPSA) is 23.6 Å². The molecular formula is C11H22N2O. The lowest BCUT2D eigenvalue weighted by molar-refractivity contribution is -0.141. The van der Waals surface area contributed by atoms with Crippen molar-refractivity contribution >= 4 is 5.91 Å². The quantitative estimate of drug-likeness (QED) is 0.586. The van der Waals surface area contributed by atoms with Gasteiger partial charge in [-0.3, -0.25) is 9.69 Å². The lowest BCUT2D eigenvalue weighted by Crippen LogP contribution is -2.65. The monoisotopic (exact) mass is 198 g/mol. The molecule has 4 unspecified atom stereocenters. The molecule has 1 fully saturated rings. The average Bonchev–Trinajstić information content (AvgIpc) is 2.11. The Kier molecular flexibility index (Phi) is 3.20. The number of carbonyl (C=O) groups excluding carboxylic acids is 1. The van der Waals surface area contributed by atoms with Crippen molar-refractivity contribution in [1.29, 1.82) is 0 Å². The molecule has 4 atom stereocenters. The summed E-state index contributed by atoms with van der Waals surface area (Å²) in [4.78, 5) is 15.9. The predicted octanol–water partition coefficient (Wildman–Crippen LogP) is 1.33. The normalized spacial score (nSPS) is 40.0. The third-order valence-corrected chi connectivity index (χ3v) is 3.92. The van der Waals surface area contributed by atoms with Crippen LogP contribution in [-0.2, 0) is 4.79 Å². The predicted molar refractivity (Wildman–Crippen MR) is 58.1 cm³/mol. The molecule has 82 valence electrons. The van der Waals surface area contributed by atoms with Gasteiger partial charge in [0, 0.05) is 31.1 Å². The van der Waals surface area contributed by atoms with Crippen molar-refractivity contribution in [3.05, 3.63) is 0 Å². The fraction of sp³-hybridized carbons (Fsp3) is 0.909. The zero-order valence-corrected chi connectivity index (χ0v) is 10.1. The molecule has 0 aromatic rings. The molecule has 0 aromatic heterocycles. The lowest BCUT2D eigenvalue weighted by atomic mass is 9.95. The zero-order chi connectivity index (χ0) is 11.0. The maximum absolute atomic E-state index is 11.5. The Morgan fingerprint density at radius 1 is 0.929 bits per heavy atom. The van der Waals surface area contributed by atoms with Crippen molar-refractivity contribution in [2.75, 3.05) is 7.05 Å². The first-order valence-electron chi connectivity index (χ1n) is 5.38. The summed E-state index contributed by atoms with van der Waals surface area (Å²) in [5.74, 6) is 0.191. The van der Waals surface area contributed by atoms with Crippen molar-refractivity contribution in [2.45, 2.75) is 58.8 Å². The number of piperazine rings is 1. The average molecular weight is 198 g/mol. The van der Waals surface area contributed by atoms with Gasteiger partial charge in [-0.15, -0.1) is 0 Å². The van der Waals surface area contributed by atoms with E-state index in [4.69, 9.17) is 0 Å². The van der Waals surface area contributed by atoms with Gasteiger partial charge in [0.1, 0.15) is 0 Å². The Hall–Kier alpha value is -0.570. The number of likely N-dealkylation sites (N-methyl/N-ethyl adjacent to an activating group) is 1. The molecule has 3 heteroatoms. The summed E-state index contributed by atoms with van der Waals surface area (Å²) in [6.07, 6.45) is 0. The number of hydrogen-bond donors (Lipinski definition) is 0. The first-order chi connectivity index (χ1) is 6.37. The van der Waals surface area contributed by atoms with Gasteiger partial charge < -0.3 is 4.90 Å². The second-order valence-corrected chi connectivity index (χ2v) is 4.55. The van der Waals surface area contributed by atoms with Gasteiger partial charge in [-0.05, 0) is 34.7 Å². The standard InChI is InChI=1S/C11H22N2O/c1-7-9(3)13(11(5)14)10(4)8(2)12(7)6/h7-10H,1-6H3. The molecule has 1 amide bonds. The summed E-state index contributed by atoms with van der Waals surface area (Å²) in [7, 11) is 2.14. The van der Waals surface area contributed by atoms with Crippen LogP contribution in [0.2, 0.25) is 0 Å². The smallest absolute Gasteiger partial charge is 0.220 e. The van der Waals surface area contributed by atoms with E-state index in [0.29, 0.717) is 24.2 Å². The Bertz CT molecular complexity index is 213. The van der Waals surface area contributed by atoms with E-state index in [-0.39, 0.29) is 5.91 Å². The third kappa shape index (κ3) is 1.65. The maximum Gasteiger partial charge on any atom is 0.220 e. The molecule has 0 spiro atoms. The summed E-state index contributed by atoms with van der Waals surface area (Å²) < 4.78 is 0. The van der Waals surface area contributed by atoms with Crippen molar-refractivity contribution < 1.29 is 4.79 Å². The Balaban J connectivity index is 2.92. The van der Waals surface area contributed by atoms with Crippen molar-refractivity contribution in [3.8, 4) is 0 Å². The molecule has 0 bridgehead atoms. The van der Waals surface area contributed by atoms with E-state index < -0.39 is 0 Å². The van der Waals surface area contributed by atoms with Crippen molar-refractivity contribution in [3.63, 3.8) is 0 Å². The molecule has 14 heavy (non-hydrogen) atoms. The molecule has 0 N–H and O–H groups in total. The minimum atomic E-state index is 0.191. The van der Waals surface area contributed by atoms with E-state index in [9.17, 15) is 4.79 Å². The molecule has 0 saturated carbocycles. The van der Waals surface area contributed by atoms with Crippen LogP contribution in [0.15, 0.2) is 0 Å². The molecule has 0 aliphatic carbocycles. The first kappa shape index (κ1) is 11.5. The van der Waals surface area contributed by atoms with E-state index in [1.54, 1.807) is 6.92 Å². The number of amides is 1. The van der Waals surface area contributed by atoms with Crippen LogP contribution >= 0.6 is 0 Å². The number of rotatable bonds is 0. The highest BCUT2D eigenvalue weighted by Crippen LogP contribution is 2.25. The van der Waals surface area contributed by atoms with Gasteiger partial charge in [0.05, 0.1) is 0 Å². The molecule has 1 saturated heterocycles. The van der Waals surface area contributed by atoms with E-state index >= 15 is 0 Å². The highest BCUT2D eigenvalue weighted by Gasteiger charge is 2.39. The lowest BCUT2D eigenvalue weighted by Gasteiger charge is -2.51. The Morgan fingerprint density at radius 2 is 1.29 bits per heavy atom. The SMILES string of the molecule is CC(=O)N1C(C)C(C)N(C)C(C)C1C. The van der Waals surface area contributed by atoms with Gasteiger partial charge in [-0.25, -0.2) is 0 Å². The molecule has 3 nitrogen and oxygen atoms in total. The van der Waals surface area contributed by atoms with Gasteiger partial charge in [0.2, 0.25) is 5.91 Å². The summed E-state index contributed by atoms with van der Waals surface area (Å²) in [5.41, 5.74) is 0. The minimum absolute atomic E-state index is 0.191. The maximum atomic E-state index is 11.5. The van der Waals surface area contributed by atoms with Crippen LogP contribution in [0.4, 0.5) is 0 Å². The van der Waals surface area contributed by atoms with Gasteiger partial charge in [-0.2, -0.15) is 0 Å². The summed E-state index contributed by atoms with van der Waals surface area (Å²) in [6.45, 7) is 10.3. The highest BCUT2D eigenvalue weighted by molar-refractivity contribution is 5.74. The van der Waals surface area contributed by atoms with Crippen LogP contribution < -0.4 is 0 Å². The van der Waals surface area contributed by atoms with Crippen molar-refractivity contribution in [2.24, 2.45) is 0 Å². The molecule has 1 heterocycles. The van der Waals surface area contributed by atoms with Crippen LogP contribution in [0.25, 0.3) is 0 Å². The van der Waals surface area contributed by atoms with Crippen LogP contribution in [-0.4, -0.2) is 46.9 Å². The number of nitrogens with zero attached hydrogens (tertiary/aromatic N) is 2. The largest absolute Gasteiger partial charge is 0.334 e. The fourth-order valence-corrected chi connectivity index (χ4v) is 2.46. The first-order valence-corrected chi connectivity index (χ1v) is 5.38. The van der Waals surface area contributed by atoms with Gasteiger partial charge in [-0.1, -0.05) is 0 Å². The van der Waals surface area contributed by atoms with Gasteiger partial charge >= 0.3 is 0 Å². The second kappa shape index (κ2) is 3.89. The van der Waals surface area contributed by atoms with Gasteiger partial charge in [0.15, 0.2) is 0 Å². The minimum Gasteiger partial charge on any atom is -0.334 e. The van der Waals surface area contributed by atoms with E-state index in [1.807, 2.05) is 4.90 Å². The van der Waals surface area contributed by atoms with Crippen molar-refractivity contribution in [1.82, 2.24) is 9.80 Å². The van der Waals surface area contributed by atoms with Crippen LogP contribution in [0.5, 0.6) is 0 Å². The molecule has 1 aliphatic heterocycles. The van der Waals surface area contributed by atoms with Gasteiger partial charge in [0.25, 0.3) is 0 Å². The fourth-order valence-electron chi connectivity index (χ4n) is 2.46. The zero-order valence-electron chi connectivity index (χ0n) is 10.1. The summed E-state index contributed by atoms with van der Waals surface area (Å²) in [5, 5.41) is 0. The Labute approximate surface area is 87.1 Å². The van der Waals surface area contributed by atoms with E-state index in [2.05, 4.69) is 39.6 Å². The molecule has 1 aliphatic rings. The molecule has 0 radical (unpaired) electrons. The summed E-state index contributed by atoms with van der Waals surface area (Å²) in [6, 6.07) is 1.49. The van der Waals surface area contributed by atoms with E-state index in [1.165, 1.54) is 0 Å². The molecule has 0 aromatic carbocycles. The van der Waals surface area contributed by atoms with Crippen LogP contribution in [0, 0.1) is 0 Å². The summed E-state index contributed by atoms with van der Waals surface area (Å²) >= 11 is 0. The number of hydrogen-bond acceptors (Lipinski definition) is 2. The van der Waals surface area contributed by atoms with Crippen LogP contribution in [0.3, 0.4) is 0 Å². The number of carbonyl (C=O) groups is 1. The van der Waals surface area contributed by atoms with Crippen LogP contribution in [0.1, 0.15) is 34.6 Å². The van der Waals surface area contributed by atoms with E-state index in [0.717, 1.165) is 0 Å². The highest BCUT2D eigenvalue weighted by atomic mass is 16.2. The molecular weight excluding hydrogens is 176 g/mol. The third-order valence-electron chi connectivity index (χ3n) is 3.92. The Morgan fingerprint density at radius 3 is 1.57 bits per heavy atom. The second-order valence-electron chi connectivity index (χ2n) is 4.55. The molecule has 1 rings (SSSR count).